The van der Waals surface area contributed by atoms with Crippen molar-refractivity contribution in [3.05, 3.63) is 36.8 Å². The van der Waals surface area contributed by atoms with Crippen molar-refractivity contribution in [3.63, 3.8) is 0 Å². The molecule has 0 saturated carbocycles. The lowest BCUT2D eigenvalue weighted by atomic mass is 10.1. The van der Waals surface area contributed by atoms with Crippen molar-refractivity contribution in [3.8, 4) is 11.3 Å². The Kier molecular flexibility index (Phi) is 3.81. The van der Waals surface area contributed by atoms with E-state index in [4.69, 9.17) is 5.73 Å². The van der Waals surface area contributed by atoms with Crippen LogP contribution in [0.4, 0.5) is 5.69 Å². The van der Waals surface area contributed by atoms with Crippen LogP contribution in [0, 0.1) is 0 Å². The molecule has 2 aromatic rings. The molecule has 3 heteroatoms. The van der Waals surface area contributed by atoms with Crippen molar-refractivity contribution in [1.82, 2.24) is 9.55 Å². The van der Waals surface area contributed by atoms with Crippen molar-refractivity contribution in [2.75, 3.05) is 5.73 Å². The molecule has 1 heterocycles. The fourth-order valence-corrected chi connectivity index (χ4v) is 1.83. The molecule has 1 aromatic heterocycles. The summed E-state index contributed by atoms with van der Waals surface area (Å²) in [5, 5.41) is 0. The van der Waals surface area contributed by atoms with Crippen molar-refractivity contribution >= 4 is 5.69 Å². The van der Waals surface area contributed by atoms with E-state index >= 15 is 0 Å². The summed E-state index contributed by atoms with van der Waals surface area (Å²) in [6, 6.07) is 7.83. The summed E-state index contributed by atoms with van der Waals surface area (Å²) in [5.41, 5.74) is 8.59. The molecule has 0 aliphatic carbocycles. The maximum absolute atomic E-state index is 5.67. The molecule has 0 radical (unpaired) electrons. The fourth-order valence-electron chi connectivity index (χ4n) is 1.83. The predicted octanol–water partition coefficient (Wildman–Crippen LogP) is 3.32. The molecule has 2 rings (SSSR count). The van der Waals surface area contributed by atoms with Gasteiger partial charge in [0.05, 0.1) is 12.0 Å². The van der Waals surface area contributed by atoms with Crippen LogP contribution in [0.1, 0.15) is 26.2 Å². The van der Waals surface area contributed by atoms with Crippen LogP contribution >= 0.6 is 0 Å². The maximum Gasteiger partial charge on any atom is 0.0953 e. The van der Waals surface area contributed by atoms with E-state index in [-0.39, 0.29) is 0 Å². The van der Waals surface area contributed by atoms with Gasteiger partial charge in [-0.05, 0) is 18.6 Å². The van der Waals surface area contributed by atoms with E-state index in [2.05, 4.69) is 22.7 Å². The van der Waals surface area contributed by atoms with Crippen molar-refractivity contribution < 1.29 is 0 Å². The Hall–Kier alpha value is -1.77. The van der Waals surface area contributed by atoms with Gasteiger partial charge < -0.3 is 10.3 Å². The van der Waals surface area contributed by atoms with Crippen molar-refractivity contribution in [1.29, 1.82) is 0 Å². The van der Waals surface area contributed by atoms with E-state index in [9.17, 15) is 0 Å². The third kappa shape index (κ3) is 3.09. The smallest absolute Gasteiger partial charge is 0.0953 e. The molecular weight excluding hydrogens is 210 g/mol. The van der Waals surface area contributed by atoms with Gasteiger partial charge in [-0.1, -0.05) is 31.9 Å². The number of rotatable bonds is 5. The molecule has 0 unspecified atom stereocenters. The Morgan fingerprint density at radius 2 is 1.94 bits per heavy atom. The number of nitrogens with zero attached hydrogens (tertiary/aromatic N) is 2. The average molecular weight is 229 g/mol. The monoisotopic (exact) mass is 229 g/mol. The number of nitrogens with two attached hydrogens (primary N) is 1. The number of hydrogen-bond acceptors (Lipinski definition) is 2. The van der Waals surface area contributed by atoms with Gasteiger partial charge in [-0.2, -0.15) is 0 Å². The summed E-state index contributed by atoms with van der Waals surface area (Å²) in [7, 11) is 0. The standard InChI is InChI=1S/C14H19N3/c1-2-3-4-9-17-10-14(16-11-17)12-5-7-13(15)8-6-12/h5-8,10-11H,2-4,9,15H2,1H3. The summed E-state index contributed by atoms with van der Waals surface area (Å²) in [5.74, 6) is 0. The van der Waals surface area contributed by atoms with Crippen LogP contribution < -0.4 is 5.73 Å². The molecule has 0 amide bonds. The third-order valence-electron chi connectivity index (χ3n) is 2.86. The maximum atomic E-state index is 5.67. The van der Waals surface area contributed by atoms with E-state index in [1.54, 1.807) is 0 Å². The molecule has 0 saturated heterocycles. The van der Waals surface area contributed by atoms with Gasteiger partial charge in [0.15, 0.2) is 0 Å². The summed E-state index contributed by atoms with van der Waals surface area (Å²) < 4.78 is 2.15. The first-order chi connectivity index (χ1) is 8.29. The van der Waals surface area contributed by atoms with E-state index < -0.39 is 0 Å². The molecule has 0 bridgehead atoms. The van der Waals surface area contributed by atoms with Gasteiger partial charge in [-0.25, -0.2) is 4.98 Å². The molecule has 0 spiro atoms. The van der Waals surface area contributed by atoms with Crippen LogP contribution in [0.25, 0.3) is 11.3 Å². The number of hydrogen-bond donors (Lipinski definition) is 1. The van der Waals surface area contributed by atoms with E-state index in [1.807, 2.05) is 30.6 Å². The lowest BCUT2D eigenvalue weighted by Crippen LogP contribution is -1.93. The highest BCUT2D eigenvalue weighted by molar-refractivity contribution is 5.61. The summed E-state index contributed by atoms with van der Waals surface area (Å²) in [6.45, 7) is 3.27. The van der Waals surface area contributed by atoms with Crippen molar-refractivity contribution in [2.24, 2.45) is 0 Å². The fraction of sp³-hybridized carbons (Fsp3) is 0.357. The molecule has 0 fully saturated rings. The zero-order valence-electron chi connectivity index (χ0n) is 10.3. The average Bonchev–Trinajstić information content (AvgIpc) is 2.79. The SMILES string of the molecule is CCCCCn1cnc(-c2ccc(N)cc2)c1. The number of nitrogen functional groups attached to an aromatic ring is 1. The molecule has 1 aromatic carbocycles. The number of aromatic nitrogens is 2. The lowest BCUT2D eigenvalue weighted by molar-refractivity contribution is 0.602. The second-order valence-corrected chi connectivity index (χ2v) is 4.33. The number of imidazole rings is 1. The van der Waals surface area contributed by atoms with Crippen LogP contribution in [0.3, 0.4) is 0 Å². The number of anilines is 1. The zero-order chi connectivity index (χ0) is 12.1. The first kappa shape index (κ1) is 11.7. The molecule has 0 aliphatic rings. The quantitative estimate of drug-likeness (QED) is 0.631. The second-order valence-electron chi connectivity index (χ2n) is 4.33. The molecule has 17 heavy (non-hydrogen) atoms. The Bertz CT molecular complexity index is 457. The number of unbranched alkanes of at least 4 members (excludes halogenated alkanes) is 2. The van der Waals surface area contributed by atoms with Crippen LogP contribution in [0.5, 0.6) is 0 Å². The Morgan fingerprint density at radius 3 is 2.65 bits per heavy atom. The molecule has 2 N–H and O–H groups in total. The van der Waals surface area contributed by atoms with Crippen molar-refractivity contribution in [2.45, 2.75) is 32.7 Å². The molecule has 90 valence electrons. The van der Waals surface area contributed by atoms with E-state index in [0.717, 1.165) is 23.5 Å². The Labute approximate surface area is 102 Å². The van der Waals surface area contributed by atoms with E-state index in [1.165, 1.54) is 19.3 Å². The molecule has 3 nitrogen and oxygen atoms in total. The minimum absolute atomic E-state index is 0.788. The van der Waals surface area contributed by atoms with Crippen LogP contribution in [-0.4, -0.2) is 9.55 Å². The number of aryl methyl sites for hydroxylation is 1. The summed E-state index contributed by atoms with van der Waals surface area (Å²) >= 11 is 0. The van der Waals surface area contributed by atoms with E-state index in [0.29, 0.717) is 0 Å². The summed E-state index contributed by atoms with van der Waals surface area (Å²) in [6.07, 6.45) is 7.74. The molecule has 0 aliphatic heterocycles. The minimum atomic E-state index is 0.788. The first-order valence-electron chi connectivity index (χ1n) is 6.17. The van der Waals surface area contributed by atoms with Gasteiger partial charge in [-0.15, -0.1) is 0 Å². The first-order valence-corrected chi connectivity index (χ1v) is 6.17. The Balaban J connectivity index is 2.04. The highest BCUT2D eigenvalue weighted by Gasteiger charge is 2.01. The zero-order valence-corrected chi connectivity index (χ0v) is 10.3. The second kappa shape index (κ2) is 5.53. The largest absolute Gasteiger partial charge is 0.399 e. The van der Waals surface area contributed by atoms with Gasteiger partial charge in [0.25, 0.3) is 0 Å². The highest BCUT2D eigenvalue weighted by atomic mass is 15.0. The minimum Gasteiger partial charge on any atom is -0.399 e. The molecule has 0 atom stereocenters. The number of benzene rings is 1. The molecular formula is C14H19N3. The summed E-state index contributed by atoms with van der Waals surface area (Å²) in [4.78, 5) is 4.42. The topological polar surface area (TPSA) is 43.8 Å². The van der Waals surface area contributed by atoms with Crippen LogP contribution in [-0.2, 0) is 6.54 Å². The Morgan fingerprint density at radius 1 is 1.18 bits per heavy atom. The van der Waals surface area contributed by atoms with Gasteiger partial charge in [-0.3, -0.25) is 0 Å². The highest BCUT2D eigenvalue weighted by Crippen LogP contribution is 2.18. The van der Waals surface area contributed by atoms with Crippen LogP contribution in [0.15, 0.2) is 36.8 Å². The van der Waals surface area contributed by atoms with Crippen LogP contribution in [0.2, 0.25) is 0 Å². The van der Waals surface area contributed by atoms with Gasteiger partial charge in [0.1, 0.15) is 0 Å². The predicted molar refractivity (Wildman–Crippen MR) is 71.6 cm³/mol. The van der Waals surface area contributed by atoms with Gasteiger partial charge >= 0.3 is 0 Å². The third-order valence-corrected chi connectivity index (χ3v) is 2.86. The van der Waals surface area contributed by atoms with Gasteiger partial charge in [0.2, 0.25) is 0 Å². The lowest BCUT2D eigenvalue weighted by Gasteiger charge is -2.00. The normalized spacial score (nSPS) is 10.6. The van der Waals surface area contributed by atoms with Gasteiger partial charge in [0, 0.05) is 24.0 Å².